The summed E-state index contributed by atoms with van der Waals surface area (Å²) in [6.45, 7) is 0. The third-order valence-corrected chi connectivity index (χ3v) is 3.98. The van der Waals surface area contributed by atoms with Crippen LogP contribution < -0.4 is 15.5 Å². The van der Waals surface area contributed by atoms with Gasteiger partial charge in [-0.15, -0.1) is 0 Å². The molecule has 0 radical (unpaired) electrons. The maximum atomic E-state index is 12.6. The van der Waals surface area contributed by atoms with Gasteiger partial charge >= 0.3 is 0 Å². The monoisotopic (exact) mass is 342 g/mol. The SMILES string of the molecule is COc1ccc(NC(=O)c2cn(C)c3ccc(Cl)cc3c2=O)cc1. The molecule has 0 saturated heterocycles. The van der Waals surface area contributed by atoms with Crippen molar-refractivity contribution >= 4 is 34.1 Å². The number of benzene rings is 2. The molecule has 0 spiro atoms. The second kappa shape index (κ2) is 6.37. The Morgan fingerprint density at radius 3 is 2.54 bits per heavy atom. The van der Waals surface area contributed by atoms with Crippen LogP contribution >= 0.6 is 11.6 Å². The number of ether oxygens (including phenoxy) is 1. The van der Waals surface area contributed by atoms with Crippen molar-refractivity contribution in [1.29, 1.82) is 0 Å². The van der Waals surface area contributed by atoms with E-state index in [4.69, 9.17) is 16.3 Å². The summed E-state index contributed by atoms with van der Waals surface area (Å²) in [6, 6.07) is 11.9. The van der Waals surface area contributed by atoms with E-state index >= 15 is 0 Å². The number of hydrogen-bond acceptors (Lipinski definition) is 3. The highest BCUT2D eigenvalue weighted by atomic mass is 35.5. The smallest absolute Gasteiger partial charge is 0.261 e. The van der Waals surface area contributed by atoms with Crippen LogP contribution in [0.2, 0.25) is 5.02 Å². The lowest BCUT2D eigenvalue weighted by Crippen LogP contribution is -2.23. The molecule has 1 N–H and O–H groups in total. The van der Waals surface area contributed by atoms with E-state index in [1.54, 1.807) is 61.2 Å². The maximum Gasteiger partial charge on any atom is 0.261 e. The van der Waals surface area contributed by atoms with Crippen LogP contribution in [0.3, 0.4) is 0 Å². The van der Waals surface area contributed by atoms with E-state index in [1.807, 2.05) is 0 Å². The number of anilines is 1. The molecule has 6 heteroatoms. The van der Waals surface area contributed by atoms with Gasteiger partial charge in [0.2, 0.25) is 5.43 Å². The topological polar surface area (TPSA) is 60.3 Å². The minimum atomic E-state index is -0.470. The van der Waals surface area contributed by atoms with E-state index in [0.29, 0.717) is 27.4 Å². The van der Waals surface area contributed by atoms with E-state index in [9.17, 15) is 9.59 Å². The van der Waals surface area contributed by atoms with Crippen LogP contribution in [0.5, 0.6) is 5.75 Å². The number of aryl methyl sites for hydroxylation is 1. The molecule has 2 aromatic carbocycles. The van der Waals surface area contributed by atoms with Crippen molar-refractivity contribution in [2.45, 2.75) is 0 Å². The number of amides is 1. The molecule has 0 fully saturated rings. The van der Waals surface area contributed by atoms with Crippen molar-refractivity contribution < 1.29 is 9.53 Å². The molecule has 0 atom stereocenters. The van der Waals surface area contributed by atoms with Gasteiger partial charge in [0.25, 0.3) is 5.91 Å². The normalized spacial score (nSPS) is 10.6. The van der Waals surface area contributed by atoms with Gasteiger partial charge in [-0.05, 0) is 42.5 Å². The van der Waals surface area contributed by atoms with Crippen molar-refractivity contribution in [3.63, 3.8) is 0 Å². The number of pyridine rings is 1. The zero-order chi connectivity index (χ0) is 17.3. The highest BCUT2D eigenvalue weighted by Crippen LogP contribution is 2.18. The number of methoxy groups -OCH3 is 1. The fraction of sp³-hybridized carbons (Fsp3) is 0.111. The minimum Gasteiger partial charge on any atom is -0.497 e. The highest BCUT2D eigenvalue weighted by molar-refractivity contribution is 6.31. The van der Waals surface area contributed by atoms with Gasteiger partial charge in [0, 0.05) is 29.3 Å². The Hall–Kier alpha value is -2.79. The van der Waals surface area contributed by atoms with E-state index < -0.39 is 5.91 Å². The maximum absolute atomic E-state index is 12.6. The molecule has 0 aliphatic heterocycles. The number of rotatable bonds is 3. The quantitative estimate of drug-likeness (QED) is 0.793. The molecule has 0 bridgehead atoms. The summed E-state index contributed by atoms with van der Waals surface area (Å²) in [5.41, 5.74) is 0.999. The fourth-order valence-corrected chi connectivity index (χ4v) is 2.67. The molecule has 1 heterocycles. The molecular formula is C18H15ClN2O3. The summed E-state index contributed by atoms with van der Waals surface area (Å²) >= 11 is 5.97. The Morgan fingerprint density at radius 2 is 1.88 bits per heavy atom. The zero-order valence-electron chi connectivity index (χ0n) is 13.2. The number of halogens is 1. The number of fused-ring (bicyclic) bond motifs is 1. The Balaban J connectivity index is 2.00. The summed E-state index contributed by atoms with van der Waals surface area (Å²) in [4.78, 5) is 25.1. The standard InChI is InChI=1S/C18H15ClN2O3/c1-21-10-15(17(22)14-9-11(19)3-8-16(14)21)18(23)20-12-4-6-13(24-2)7-5-12/h3-10H,1-2H3,(H,20,23). The first-order valence-corrected chi connectivity index (χ1v) is 7.61. The van der Waals surface area contributed by atoms with Crippen molar-refractivity contribution in [2.75, 3.05) is 12.4 Å². The Kier molecular flexibility index (Phi) is 4.27. The lowest BCUT2D eigenvalue weighted by Gasteiger charge is -2.10. The number of hydrogen-bond donors (Lipinski definition) is 1. The first-order chi connectivity index (χ1) is 11.5. The number of nitrogens with one attached hydrogen (secondary N) is 1. The highest BCUT2D eigenvalue weighted by Gasteiger charge is 2.15. The van der Waals surface area contributed by atoms with Gasteiger partial charge in [0.1, 0.15) is 11.3 Å². The van der Waals surface area contributed by atoms with E-state index in [0.717, 1.165) is 0 Å². The minimum absolute atomic E-state index is 0.0584. The molecule has 3 aromatic rings. The summed E-state index contributed by atoms with van der Waals surface area (Å²) < 4.78 is 6.81. The van der Waals surface area contributed by atoms with Gasteiger partial charge in [-0.3, -0.25) is 9.59 Å². The van der Waals surface area contributed by atoms with E-state index in [2.05, 4.69) is 5.32 Å². The van der Waals surface area contributed by atoms with Crippen molar-refractivity contribution in [2.24, 2.45) is 7.05 Å². The van der Waals surface area contributed by atoms with Gasteiger partial charge in [0.15, 0.2) is 0 Å². The van der Waals surface area contributed by atoms with Gasteiger partial charge < -0.3 is 14.6 Å². The molecule has 3 rings (SSSR count). The van der Waals surface area contributed by atoms with Crippen LogP contribution in [0.25, 0.3) is 10.9 Å². The van der Waals surface area contributed by atoms with Crippen LogP contribution in [0.4, 0.5) is 5.69 Å². The summed E-state index contributed by atoms with van der Waals surface area (Å²) in [5.74, 6) is 0.215. The number of aromatic nitrogens is 1. The Bertz CT molecular complexity index is 978. The predicted octanol–water partition coefficient (Wildman–Crippen LogP) is 3.45. The predicted molar refractivity (Wildman–Crippen MR) is 95.1 cm³/mol. The van der Waals surface area contributed by atoms with Crippen LogP contribution in [0, 0.1) is 0 Å². The lowest BCUT2D eigenvalue weighted by atomic mass is 10.1. The lowest BCUT2D eigenvalue weighted by molar-refractivity contribution is 0.102. The first kappa shape index (κ1) is 16.1. The molecule has 5 nitrogen and oxygen atoms in total. The second-order valence-electron chi connectivity index (χ2n) is 5.33. The number of carbonyl (C=O) groups is 1. The first-order valence-electron chi connectivity index (χ1n) is 7.24. The Labute approximate surface area is 143 Å². The third-order valence-electron chi connectivity index (χ3n) is 3.74. The van der Waals surface area contributed by atoms with Gasteiger partial charge in [-0.25, -0.2) is 0 Å². The molecule has 0 unspecified atom stereocenters. The van der Waals surface area contributed by atoms with E-state index in [-0.39, 0.29) is 11.0 Å². The molecule has 24 heavy (non-hydrogen) atoms. The zero-order valence-corrected chi connectivity index (χ0v) is 13.9. The fourth-order valence-electron chi connectivity index (χ4n) is 2.50. The molecule has 0 aliphatic rings. The molecule has 0 aliphatic carbocycles. The van der Waals surface area contributed by atoms with Gasteiger partial charge in [0.05, 0.1) is 12.6 Å². The second-order valence-corrected chi connectivity index (χ2v) is 5.76. The van der Waals surface area contributed by atoms with Crippen LogP contribution in [0.15, 0.2) is 53.5 Å². The van der Waals surface area contributed by atoms with Crippen molar-refractivity contribution in [1.82, 2.24) is 4.57 Å². The molecule has 1 amide bonds. The average molecular weight is 343 g/mol. The van der Waals surface area contributed by atoms with Gasteiger partial charge in [-0.2, -0.15) is 0 Å². The summed E-state index contributed by atoms with van der Waals surface area (Å²) in [7, 11) is 3.34. The summed E-state index contributed by atoms with van der Waals surface area (Å²) in [6.07, 6.45) is 1.53. The number of nitrogens with zero attached hydrogens (tertiary/aromatic N) is 1. The number of carbonyl (C=O) groups excluding carboxylic acids is 1. The van der Waals surface area contributed by atoms with E-state index in [1.165, 1.54) is 6.20 Å². The van der Waals surface area contributed by atoms with Crippen LogP contribution in [-0.4, -0.2) is 17.6 Å². The third kappa shape index (κ3) is 2.98. The Morgan fingerprint density at radius 1 is 1.17 bits per heavy atom. The van der Waals surface area contributed by atoms with Gasteiger partial charge in [-0.1, -0.05) is 11.6 Å². The summed E-state index contributed by atoms with van der Waals surface area (Å²) in [5, 5.41) is 3.58. The average Bonchev–Trinajstić information content (AvgIpc) is 2.58. The largest absolute Gasteiger partial charge is 0.497 e. The molecule has 122 valence electrons. The van der Waals surface area contributed by atoms with Crippen LogP contribution in [0.1, 0.15) is 10.4 Å². The molecule has 0 saturated carbocycles. The van der Waals surface area contributed by atoms with Crippen LogP contribution in [-0.2, 0) is 7.05 Å². The molecule has 1 aromatic heterocycles. The van der Waals surface area contributed by atoms with Crippen molar-refractivity contribution in [3.05, 3.63) is 69.5 Å². The molecular weight excluding hydrogens is 328 g/mol. The van der Waals surface area contributed by atoms with Crippen molar-refractivity contribution in [3.8, 4) is 5.75 Å².